The predicted molar refractivity (Wildman–Crippen MR) is 80.9 cm³/mol. The second-order valence-electron chi connectivity index (χ2n) is 4.44. The minimum Gasteiger partial charge on any atom is -0.349 e. The van der Waals surface area contributed by atoms with Gasteiger partial charge in [-0.1, -0.05) is 30.3 Å². The molecule has 0 radical (unpaired) electrons. The van der Waals surface area contributed by atoms with Gasteiger partial charge in [0.1, 0.15) is 0 Å². The fourth-order valence-corrected chi connectivity index (χ4v) is 3.16. The molecule has 0 saturated carbocycles. The van der Waals surface area contributed by atoms with E-state index >= 15 is 0 Å². The number of carbonyl (C=O) groups is 1. The van der Waals surface area contributed by atoms with Crippen LogP contribution >= 0.6 is 23.6 Å². The number of aromatic nitrogens is 1. The van der Waals surface area contributed by atoms with Gasteiger partial charge >= 0.3 is 0 Å². The number of carbonyl (C=O) groups excluding carboxylic acids is 1. The Bertz CT molecular complexity index is 616. The largest absolute Gasteiger partial charge is 0.349 e. The number of thiazole rings is 1. The third-order valence-electron chi connectivity index (χ3n) is 2.92. The molecular weight excluding hydrogens is 276 g/mol. The molecule has 1 heterocycles. The monoisotopic (exact) mass is 292 g/mol. The first-order valence-electron chi connectivity index (χ1n) is 6.09. The average Bonchev–Trinajstić information content (AvgIpc) is 2.68. The number of hydrogen-bond donors (Lipinski definition) is 2. The molecule has 1 unspecified atom stereocenters. The summed E-state index contributed by atoms with van der Waals surface area (Å²) in [4.78, 5) is 16.1. The van der Waals surface area contributed by atoms with Crippen LogP contribution in [0.5, 0.6) is 0 Å². The van der Waals surface area contributed by atoms with Gasteiger partial charge in [-0.2, -0.15) is 0 Å². The first-order chi connectivity index (χ1) is 9.06. The van der Waals surface area contributed by atoms with Crippen LogP contribution in [-0.4, -0.2) is 10.9 Å². The van der Waals surface area contributed by atoms with Gasteiger partial charge in [0.15, 0.2) is 3.95 Å². The summed E-state index contributed by atoms with van der Waals surface area (Å²) in [7, 11) is 0. The molecule has 2 N–H and O–H groups in total. The maximum absolute atomic E-state index is 12.0. The Morgan fingerprint density at radius 1 is 1.42 bits per heavy atom. The average molecular weight is 292 g/mol. The minimum atomic E-state index is 0.0147. The normalized spacial score (nSPS) is 12.1. The molecule has 0 spiro atoms. The minimum absolute atomic E-state index is 0.0147. The highest BCUT2D eigenvalue weighted by atomic mass is 32.1. The van der Waals surface area contributed by atoms with Crippen molar-refractivity contribution < 1.29 is 4.79 Å². The van der Waals surface area contributed by atoms with Gasteiger partial charge < -0.3 is 10.3 Å². The highest BCUT2D eigenvalue weighted by molar-refractivity contribution is 7.73. The highest BCUT2D eigenvalue weighted by Gasteiger charge is 2.12. The van der Waals surface area contributed by atoms with E-state index in [0.717, 1.165) is 20.1 Å². The van der Waals surface area contributed by atoms with Crippen LogP contribution in [0.1, 0.15) is 29.1 Å². The molecule has 0 aliphatic heterocycles. The van der Waals surface area contributed by atoms with Gasteiger partial charge in [0.25, 0.3) is 0 Å². The van der Waals surface area contributed by atoms with Crippen LogP contribution in [0.25, 0.3) is 0 Å². The molecule has 19 heavy (non-hydrogen) atoms. The molecule has 5 heteroatoms. The SMILES string of the molecule is Cc1[nH]c(=S)sc1CC(=O)NC(C)c1ccccc1. The van der Waals surface area contributed by atoms with Crippen LogP contribution in [0.2, 0.25) is 0 Å². The number of aryl methyl sites for hydroxylation is 1. The Morgan fingerprint density at radius 3 is 2.68 bits per heavy atom. The van der Waals surface area contributed by atoms with Crippen LogP contribution in [-0.2, 0) is 11.2 Å². The lowest BCUT2D eigenvalue weighted by Crippen LogP contribution is -2.28. The predicted octanol–water partition coefficient (Wildman–Crippen LogP) is 3.53. The Balaban J connectivity index is 1.98. The highest BCUT2D eigenvalue weighted by Crippen LogP contribution is 2.16. The van der Waals surface area contributed by atoms with E-state index in [9.17, 15) is 4.79 Å². The van der Waals surface area contributed by atoms with Gasteiger partial charge in [0.05, 0.1) is 12.5 Å². The zero-order valence-electron chi connectivity index (χ0n) is 10.9. The number of H-pyrrole nitrogens is 1. The van der Waals surface area contributed by atoms with Gasteiger partial charge in [-0.25, -0.2) is 0 Å². The fourth-order valence-electron chi connectivity index (χ4n) is 1.87. The van der Waals surface area contributed by atoms with E-state index in [2.05, 4.69) is 10.3 Å². The molecule has 1 aromatic carbocycles. The molecule has 0 fully saturated rings. The van der Waals surface area contributed by atoms with E-state index < -0.39 is 0 Å². The van der Waals surface area contributed by atoms with E-state index in [1.54, 1.807) is 0 Å². The van der Waals surface area contributed by atoms with Crippen molar-refractivity contribution >= 4 is 29.5 Å². The first kappa shape index (κ1) is 14.0. The van der Waals surface area contributed by atoms with Crippen LogP contribution in [0.3, 0.4) is 0 Å². The molecule has 0 bridgehead atoms. The summed E-state index contributed by atoms with van der Waals surface area (Å²) in [5.41, 5.74) is 2.09. The summed E-state index contributed by atoms with van der Waals surface area (Å²) >= 11 is 6.53. The molecule has 2 aromatic rings. The first-order valence-corrected chi connectivity index (χ1v) is 7.31. The Hall–Kier alpha value is -1.46. The van der Waals surface area contributed by atoms with Crippen molar-refractivity contribution in [3.05, 3.63) is 50.4 Å². The van der Waals surface area contributed by atoms with E-state index in [0.29, 0.717) is 6.42 Å². The number of hydrogen-bond acceptors (Lipinski definition) is 3. The maximum Gasteiger partial charge on any atom is 0.225 e. The Labute approximate surface area is 121 Å². The summed E-state index contributed by atoms with van der Waals surface area (Å²) < 4.78 is 0.719. The van der Waals surface area contributed by atoms with Gasteiger partial charge in [0.2, 0.25) is 5.91 Å². The topological polar surface area (TPSA) is 44.9 Å². The molecule has 2 rings (SSSR count). The molecule has 0 saturated heterocycles. The quantitative estimate of drug-likeness (QED) is 0.847. The van der Waals surface area contributed by atoms with Crippen molar-refractivity contribution in [3.8, 4) is 0 Å². The Morgan fingerprint density at radius 2 is 2.11 bits per heavy atom. The van der Waals surface area contributed by atoms with Gasteiger partial charge in [0, 0.05) is 10.6 Å². The molecular formula is C14H16N2OS2. The van der Waals surface area contributed by atoms with Crippen LogP contribution in [0, 0.1) is 10.9 Å². The number of nitrogens with one attached hydrogen (secondary N) is 2. The smallest absolute Gasteiger partial charge is 0.225 e. The third-order valence-corrected chi connectivity index (χ3v) is 4.26. The number of amides is 1. The third kappa shape index (κ3) is 3.75. The summed E-state index contributed by atoms with van der Waals surface area (Å²) in [6.45, 7) is 3.93. The van der Waals surface area contributed by atoms with E-state index in [1.807, 2.05) is 44.2 Å². The molecule has 1 atom stereocenters. The van der Waals surface area contributed by atoms with E-state index in [4.69, 9.17) is 12.2 Å². The summed E-state index contributed by atoms with van der Waals surface area (Å²) in [5, 5.41) is 3.00. The van der Waals surface area contributed by atoms with Gasteiger partial charge in [-0.15, -0.1) is 11.3 Å². The molecule has 0 aliphatic rings. The molecule has 1 aromatic heterocycles. The zero-order valence-corrected chi connectivity index (χ0v) is 12.5. The molecule has 0 aliphatic carbocycles. The van der Waals surface area contributed by atoms with Crippen molar-refractivity contribution in [2.45, 2.75) is 26.3 Å². The van der Waals surface area contributed by atoms with E-state index in [-0.39, 0.29) is 11.9 Å². The van der Waals surface area contributed by atoms with Crippen LogP contribution in [0.15, 0.2) is 30.3 Å². The molecule has 100 valence electrons. The standard InChI is InChI=1S/C14H16N2OS2/c1-9(11-6-4-3-5-7-11)15-13(17)8-12-10(2)16-14(18)19-12/h3-7,9H,8H2,1-2H3,(H,15,17)(H,16,18). The lowest BCUT2D eigenvalue weighted by atomic mass is 10.1. The molecule has 1 amide bonds. The van der Waals surface area contributed by atoms with Crippen molar-refractivity contribution in [3.63, 3.8) is 0 Å². The van der Waals surface area contributed by atoms with Crippen molar-refractivity contribution in [2.24, 2.45) is 0 Å². The second kappa shape index (κ2) is 6.12. The lowest BCUT2D eigenvalue weighted by Gasteiger charge is -2.13. The lowest BCUT2D eigenvalue weighted by molar-refractivity contribution is -0.121. The second-order valence-corrected chi connectivity index (χ2v) is 6.21. The van der Waals surface area contributed by atoms with Crippen molar-refractivity contribution in [1.82, 2.24) is 10.3 Å². The van der Waals surface area contributed by atoms with Gasteiger partial charge in [-0.3, -0.25) is 4.79 Å². The van der Waals surface area contributed by atoms with Crippen molar-refractivity contribution in [2.75, 3.05) is 0 Å². The van der Waals surface area contributed by atoms with Crippen LogP contribution in [0.4, 0.5) is 0 Å². The molecule has 3 nitrogen and oxygen atoms in total. The number of benzene rings is 1. The van der Waals surface area contributed by atoms with E-state index in [1.165, 1.54) is 11.3 Å². The van der Waals surface area contributed by atoms with Crippen LogP contribution < -0.4 is 5.32 Å². The fraction of sp³-hybridized carbons (Fsp3) is 0.286. The van der Waals surface area contributed by atoms with Gasteiger partial charge in [-0.05, 0) is 31.6 Å². The summed E-state index contributed by atoms with van der Waals surface area (Å²) in [6.07, 6.45) is 0.376. The summed E-state index contributed by atoms with van der Waals surface area (Å²) in [6, 6.07) is 9.95. The zero-order chi connectivity index (χ0) is 13.8. The van der Waals surface area contributed by atoms with Crippen molar-refractivity contribution in [1.29, 1.82) is 0 Å². The number of rotatable bonds is 4. The maximum atomic E-state index is 12.0. The number of aromatic amines is 1. The Kier molecular flexibility index (Phi) is 4.50. The summed E-state index contributed by atoms with van der Waals surface area (Å²) in [5.74, 6) is 0.0182.